The van der Waals surface area contributed by atoms with Gasteiger partial charge in [0.25, 0.3) is 0 Å². The van der Waals surface area contributed by atoms with Crippen LogP contribution in [-0.2, 0) is 44.3 Å². The zero-order chi connectivity index (χ0) is 21.6. The van der Waals surface area contributed by atoms with Gasteiger partial charge in [0.15, 0.2) is 0 Å². The van der Waals surface area contributed by atoms with Crippen LogP contribution in [0.3, 0.4) is 0 Å². The van der Waals surface area contributed by atoms with Gasteiger partial charge in [-0.1, -0.05) is 30.8 Å². The van der Waals surface area contributed by atoms with Crippen LogP contribution in [0.4, 0.5) is 0 Å². The van der Waals surface area contributed by atoms with Gasteiger partial charge in [-0.05, 0) is 30.2 Å². The smallest absolute Gasteiger partial charge is 0 e. The van der Waals surface area contributed by atoms with Crippen LogP contribution >= 0.6 is 24.0 Å². The van der Waals surface area contributed by atoms with E-state index >= 15 is 0 Å². The number of hydrogen-bond donors (Lipinski definition) is 0. The van der Waals surface area contributed by atoms with Crippen LogP contribution in [0.5, 0.6) is 0 Å². The van der Waals surface area contributed by atoms with Crippen LogP contribution in [0, 0.1) is 44.6 Å². The van der Waals surface area contributed by atoms with E-state index in [9.17, 15) is 0 Å². The Balaban J connectivity index is -0.000000128. The van der Waals surface area contributed by atoms with Gasteiger partial charge in [0.2, 0.25) is 0 Å². The first-order valence-corrected chi connectivity index (χ1v) is 8.26. The van der Waals surface area contributed by atoms with E-state index in [0.717, 1.165) is 12.2 Å². The summed E-state index contributed by atoms with van der Waals surface area (Å²) in [6.07, 6.45) is 11.2. The Labute approximate surface area is 185 Å². The summed E-state index contributed by atoms with van der Waals surface area (Å²) in [5, 5.41) is 0. The third kappa shape index (κ3) is 11.5. The van der Waals surface area contributed by atoms with Crippen molar-refractivity contribution in [1.82, 2.24) is 0 Å². The topological polar surface area (TPSA) is 99.5 Å². The Morgan fingerprint density at radius 2 is 1.52 bits per heavy atom. The second kappa shape index (κ2) is 27.3. The molecule has 0 amide bonds. The van der Waals surface area contributed by atoms with Crippen molar-refractivity contribution < 1.29 is 44.3 Å². The predicted octanol–water partition coefficient (Wildman–Crippen LogP) is 4.35. The molecule has 0 N–H and O–H groups in total. The van der Waals surface area contributed by atoms with Crippen molar-refractivity contribution in [3.8, 4) is 0 Å². The van der Waals surface area contributed by atoms with Gasteiger partial charge in [-0.3, -0.25) is 0 Å². The quantitative estimate of drug-likeness (QED) is 0.211. The normalized spacial score (nSPS) is 19.6. The van der Waals surface area contributed by atoms with Crippen molar-refractivity contribution in [2.45, 2.75) is 25.7 Å². The van der Waals surface area contributed by atoms with E-state index in [1.54, 1.807) is 0 Å². The summed E-state index contributed by atoms with van der Waals surface area (Å²) in [7, 11) is 0. The van der Waals surface area contributed by atoms with Crippen LogP contribution < -0.4 is 0 Å². The number of thiocarbonyl (C=S) groups is 1. The number of allylic oxidation sites excluding steroid dienone is 3. The minimum atomic E-state index is 0. The van der Waals surface area contributed by atoms with Crippen LogP contribution in [0.25, 0.3) is 0 Å². The molecule has 2 aliphatic rings. The molecule has 2 aliphatic carbocycles. The molecule has 27 heavy (non-hydrogen) atoms. The summed E-state index contributed by atoms with van der Waals surface area (Å²) in [5.74, 6) is 1.66. The predicted molar refractivity (Wildman–Crippen MR) is 97.6 cm³/mol. The molecule has 0 radical (unpaired) electrons. The van der Waals surface area contributed by atoms with E-state index in [0.29, 0.717) is 5.92 Å². The molecule has 8 heteroatoms. The summed E-state index contributed by atoms with van der Waals surface area (Å²) in [6.45, 7) is 30.2. The number of thioether (sulfide) groups is 1. The van der Waals surface area contributed by atoms with Crippen molar-refractivity contribution in [3.63, 3.8) is 0 Å². The SMILES string of the molecule is C=CCSC1=CC(=S)[C@@]2(CC=C)CCC[C@@H]12.[C-]#[O+].[C-]#[O+].[C-]#[O+].[C-]#[O+].[C-]#[O+].[W]. The summed E-state index contributed by atoms with van der Waals surface area (Å²) in [4.78, 5) is 2.66. The van der Waals surface area contributed by atoms with E-state index in [4.69, 9.17) is 35.5 Å². The first-order valence-electron chi connectivity index (χ1n) is 6.87. The molecule has 142 valence electrons. The van der Waals surface area contributed by atoms with Gasteiger partial charge < -0.3 is 0 Å². The maximum atomic E-state index is 7.50. The minimum absolute atomic E-state index is 0. The fourth-order valence-electron chi connectivity index (χ4n) is 3.06. The maximum Gasteiger partial charge on any atom is 0 e. The number of rotatable bonds is 5. The summed E-state index contributed by atoms with van der Waals surface area (Å²) >= 11 is 7.51. The molecule has 0 aliphatic heterocycles. The molecule has 0 bridgehead atoms. The molecule has 0 saturated heterocycles. The first kappa shape index (κ1) is 36.9. The third-order valence-electron chi connectivity index (χ3n) is 3.77. The molecule has 2 rings (SSSR count). The average Bonchev–Trinajstić information content (AvgIpc) is 3.27. The maximum absolute atomic E-state index is 7.50. The second-order valence-electron chi connectivity index (χ2n) is 4.60. The van der Waals surface area contributed by atoms with Crippen molar-refractivity contribution in [3.05, 3.63) is 69.5 Å². The zero-order valence-corrected chi connectivity index (χ0v) is 19.1. The summed E-state index contributed by atoms with van der Waals surface area (Å²) < 4.78 is 37.5. The molecular formula is C19H18O5S2W. The van der Waals surface area contributed by atoms with E-state index < -0.39 is 0 Å². The largest absolute Gasteiger partial charge is 0 e. The van der Waals surface area contributed by atoms with Gasteiger partial charge in [0, 0.05) is 43.0 Å². The molecule has 0 aromatic rings. The summed E-state index contributed by atoms with van der Waals surface area (Å²) in [5.41, 5.74) is 0.251. The Kier molecular flexibility index (Phi) is 37.3. The molecule has 0 aromatic carbocycles. The van der Waals surface area contributed by atoms with E-state index in [1.165, 1.54) is 29.0 Å². The van der Waals surface area contributed by atoms with E-state index in [1.807, 2.05) is 23.9 Å². The Morgan fingerprint density at radius 1 is 1.04 bits per heavy atom. The van der Waals surface area contributed by atoms with Gasteiger partial charge in [-0.25, -0.2) is 0 Å². The van der Waals surface area contributed by atoms with Gasteiger partial charge in [0.05, 0.1) is 0 Å². The fraction of sp³-hybridized carbons (Fsp3) is 0.368. The summed E-state index contributed by atoms with van der Waals surface area (Å²) in [6, 6.07) is 0. The molecule has 5 nitrogen and oxygen atoms in total. The van der Waals surface area contributed by atoms with Gasteiger partial charge in [0.1, 0.15) is 0 Å². The van der Waals surface area contributed by atoms with E-state index in [2.05, 4.69) is 52.5 Å². The molecule has 2 atom stereocenters. The Hall–Kier alpha value is -0.952. The standard InChI is InChI=1S/C14H18S2.5CO.W/c1-3-7-14-8-5-6-11(14)12(10-13(14)15)16-9-4-2;5*1-2;/h3-4,10-11H,1-2,5-9H2;;;;;;/t11-,14-;;;;;;/m0....../s1. The van der Waals surface area contributed by atoms with Gasteiger partial charge >= 0.3 is 56.5 Å². The van der Waals surface area contributed by atoms with Crippen molar-refractivity contribution in [2.75, 3.05) is 5.75 Å². The fourth-order valence-corrected chi connectivity index (χ4v) is 4.64. The van der Waals surface area contributed by atoms with Crippen molar-refractivity contribution >= 4 is 28.8 Å². The molecule has 1 fully saturated rings. The third-order valence-corrected chi connectivity index (χ3v) is 5.43. The number of fused-ring (bicyclic) bond motifs is 1. The van der Waals surface area contributed by atoms with Crippen LogP contribution in [-0.4, -0.2) is 10.6 Å². The molecular weight excluding hydrogens is 556 g/mol. The average molecular weight is 574 g/mol. The molecule has 0 aromatic heterocycles. The van der Waals surface area contributed by atoms with Crippen LogP contribution in [0.1, 0.15) is 25.7 Å². The van der Waals surface area contributed by atoms with Crippen molar-refractivity contribution in [1.29, 1.82) is 0 Å². The first-order chi connectivity index (χ1) is 12.7. The van der Waals surface area contributed by atoms with Crippen molar-refractivity contribution in [2.24, 2.45) is 11.3 Å². The minimum Gasteiger partial charge on any atom is 0 e. The number of hydrogen-bond acceptors (Lipinski definition) is 2. The van der Waals surface area contributed by atoms with Crippen LogP contribution in [0.2, 0.25) is 0 Å². The molecule has 0 unspecified atom stereocenters. The van der Waals surface area contributed by atoms with Crippen LogP contribution in [0.15, 0.2) is 36.3 Å². The molecule has 0 spiro atoms. The zero-order valence-electron chi connectivity index (χ0n) is 14.5. The molecule has 1 saturated carbocycles. The second-order valence-corrected chi connectivity index (χ2v) is 6.14. The van der Waals surface area contributed by atoms with Gasteiger partial charge in [-0.2, -0.15) is 0 Å². The Bertz CT molecular complexity index is 526. The monoisotopic (exact) mass is 574 g/mol. The van der Waals surface area contributed by atoms with Gasteiger partial charge in [-0.15, -0.1) is 24.9 Å². The van der Waals surface area contributed by atoms with E-state index in [-0.39, 0.29) is 26.5 Å². The molecule has 0 heterocycles. The Morgan fingerprint density at radius 3 is 1.93 bits per heavy atom.